The zero-order chi connectivity index (χ0) is 9.56. The highest BCUT2D eigenvalue weighted by Gasteiger charge is 2.00. The normalized spacial score (nSPS) is 9.17. The van der Waals surface area contributed by atoms with Crippen LogP contribution in [0.5, 0.6) is 0 Å². The molecule has 0 saturated carbocycles. The van der Waals surface area contributed by atoms with Crippen molar-refractivity contribution in [3.8, 4) is 0 Å². The highest BCUT2D eigenvalue weighted by Crippen LogP contribution is 2.09. The minimum absolute atomic E-state index is 0.259. The summed E-state index contributed by atoms with van der Waals surface area (Å²) < 4.78 is 0. The molecule has 0 bridgehead atoms. The summed E-state index contributed by atoms with van der Waals surface area (Å²) in [5.74, 6) is -0.905. The Morgan fingerprint density at radius 1 is 1.42 bits per heavy atom. The van der Waals surface area contributed by atoms with Crippen LogP contribution in [0.15, 0.2) is 23.8 Å². The first kappa shape index (κ1) is 11.0. The first-order valence-electron chi connectivity index (χ1n) is 4.20. The van der Waals surface area contributed by atoms with Crippen LogP contribution >= 0.6 is 0 Å². The molecule has 1 N–H and O–H groups in total. The van der Waals surface area contributed by atoms with Crippen LogP contribution in [0.4, 0.5) is 0 Å². The first-order chi connectivity index (χ1) is 5.61. The van der Waals surface area contributed by atoms with E-state index in [9.17, 15) is 4.79 Å². The van der Waals surface area contributed by atoms with Gasteiger partial charge in [-0.15, -0.1) is 0 Å². The van der Waals surface area contributed by atoms with E-state index in [-0.39, 0.29) is 5.57 Å². The van der Waals surface area contributed by atoms with E-state index in [4.69, 9.17) is 5.11 Å². The maximum atomic E-state index is 10.4. The molecule has 0 rings (SSSR count). The molecule has 0 spiro atoms. The molecule has 68 valence electrons. The van der Waals surface area contributed by atoms with Gasteiger partial charge in [-0.05, 0) is 19.3 Å². The predicted molar refractivity (Wildman–Crippen MR) is 50.1 cm³/mol. The first-order valence-corrected chi connectivity index (χ1v) is 4.20. The van der Waals surface area contributed by atoms with Crippen LogP contribution in [0.1, 0.15) is 33.1 Å². The van der Waals surface area contributed by atoms with Crippen LogP contribution in [0.25, 0.3) is 0 Å². The van der Waals surface area contributed by atoms with Gasteiger partial charge < -0.3 is 5.11 Å². The fourth-order valence-electron chi connectivity index (χ4n) is 0.894. The lowest BCUT2D eigenvalue weighted by Gasteiger charge is -1.99. The molecular formula is C10H16O2. The molecule has 0 atom stereocenters. The molecule has 0 fully saturated rings. The van der Waals surface area contributed by atoms with Gasteiger partial charge in [-0.1, -0.05) is 32.1 Å². The number of rotatable bonds is 5. The summed E-state index contributed by atoms with van der Waals surface area (Å²) in [7, 11) is 0. The number of carboxylic acid groups (broad SMARTS) is 1. The van der Waals surface area contributed by atoms with E-state index >= 15 is 0 Å². The third kappa shape index (κ3) is 3.96. The van der Waals surface area contributed by atoms with Gasteiger partial charge in [0.1, 0.15) is 0 Å². The Bertz CT molecular complexity index is 196. The average molecular weight is 168 g/mol. The smallest absolute Gasteiger partial charge is 0.331 e. The summed E-state index contributed by atoms with van der Waals surface area (Å²) >= 11 is 0. The van der Waals surface area contributed by atoms with E-state index in [0.717, 1.165) is 12.8 Å². The van der Waals surface area contributed by atoms with Crippen LogP contribution in [0.2, 0.25) is 0 Å². The molecule has 12 heavy (non-hydrogen) atoms. The number of allylic oxidation sites excluding steroid dienone is 2. The number of hydrogen-bond acceptors (Lipinski definition) is 1. The van der Waals surface area contributed by atoms with Crippen LogP contribution in [-0.4, -0.2) is 11.1 Å². The van der Waals surface area contributed by atoms with Crippen molar-refractivity contribution in [3.63, 3.8) is 0 Å². The highest BCUT2D eigenvalue weighted by atomic mass is 16.4. The second-order valence-corrected chi connectivity index (χ2v) is 2.68. The van der Waals surface area contributed by atoms with E-state index in [1.165, 1.54) is 5.57 Å². The molecule has 0 radical (unpaired) electrons. The average Bonchev–Trinajstić information content (AvgIpc) is 2.05. The fraction of sp³-hybridized carbons (Fsp3) is 0.500. The quantitative estimate of drug-likeness (QED) is 0.506. The van der Waals surface area contributed by atoms with Gasteiger partial charge in [-0.3, -0.25) is 0 Å². The van der Waals surface area contributed by atoms with Crippen molar-refractivity contribution in [2.75, 3.05) is 0 Å². The second-order valence-electron chi connectivity index (χ2n) is 2.68. The van der Waals surface area contributed by atoms with E-state index in [2.05, 4.69) is 20.4 Å². The van der Waals surface area contributed by atoms with Gasteiger partial charge in [0, 0.05) is 5.57 Å². The van der Waals surface area contributed by atoms with Crippen molar-refractivity contribution in [1.29, 1.82) is 0 Å². The van der Waals surface area contributed by atoms with E-state index < -0.39 is 5.97 Å². The maximum absolute atomic E-state index is 10.4. The number of aliphatic carboxylic acids is 1. The summed E-state index contributed by atoms with van der Waals surface area (Å²) in [4.78, 5) is 10.4. The Hall–Kier alpha value is -1.05. The molecule has 0 heterocycles. The largest absolute Gasteiger partial charge is 0.478 e. The molecule has 0 aromatic rings. The number of carboxylic acids is 1. The Balaban J connectivity index is 4.02. The molecule has 0 aromatic heterocycles. The van der Waals surface area contributed by atoms with E-state index in [1.54, 1.807) is 0 Å². The zero-order valence-electron chi connectivity index (χ0n) is 7.76. The van der Waals surface area contributed by atoms with Crippen LogP contribution in [0.3, 0.4) is 0 Å². The van der Waals surface area contributed by atoms with Crippen molar-refractivity contribution < 1.29 is 9.90 Å². The molecule has 0 aromatic carbocycles. The lowest BCUT2D eigenvalue weighted by atomic mass is 10.1. The van der Waals surface area contributed by atoms with Crippen molar-refractivity contribution >= 4 is 5.97 Å². The maximum Gasteiger partial charge on any atom is 0.331 e. The lowest BCUT2D eigenvalue weighted by Crippen LogP contribution is -1.97. The second kappa shape index (κ2) is 5.58. The molecule has 2 heteroatoms. The molecule has 2 nitrogen and oxygen atoms in total. The predicted octanol–water partition coefficient (Wildman–Crippen LogP) is 2.76. The standard InChI is InChI=1S/C10H16O2/c1-4-9(5-2)7-6-8(3)10(11)12/h7H,3-6H2,1-2H3,(H,11,12). The van der Waals surface area contributed by atoms with Gasteiger partial charge in [-0.25, -0.2) is 4.79 Å². The Morgan fingerprint density at radius 2 is 1.92 bits per heavy atom. The van der Waals surface area contributed by atoms with Crippen LogP contribution < -0.4 is 0 Å². The van der Waals surface area contributed by atoms with Crippen molar-refractivity contribution in [2.45, 2.75) is 33.1 Å². The Labute approximate surface area is 73.6 Å². The molecule has 0 saturated heterocycles. The lowest BCUT2D eigenvalue weighted by molar-refractivity contribution is -0.132. The molecule has 0 aliphatic heterocycles. The SMILES string of the molecule is C=C(CC=C(CC)CC)C(=O)O. The van der Waals surface area contributed by atoms with Crippen molar-refractivity contribution in [2.24, 2.45) is 0 Å². The summed E-state index contributed by atoms with van der Waals surface area (Å²) in [6, 6.07) is 0. The molecule has 0 unspecified atom stereocenters. The van der Waals surface area contributed by atoms with E-state index in [0.29, 0.717) is 6.42 Å². The summed E-state index contributed by atoms with van der Waals surface area (Å²) in [5.41, 5.74) is 1.55. The minimum atomic E-state index is -0.905. The van der Waals surface area contributed by atoms with Gasteiger partial charge in [0.25, 0.3) is 0 Å². The molecule has 0 amide bonds. The fourth-order valence-corrected chi connectivity index (χ4v) is 0.894. The topological polar surface area (TPSA) is 37.3 Å². The number of hydrogen-bond donors (Lipinski definition) is 1. The number of carbonyl (C=O) groups is 1. The van der Waals surface area contributed by atoms with Crippen molar-refractivity contribution in [3.05, 3.63) is 23.8 Å². The van der Waals surface area contributed by atoms with Crippen molar-refractivity contribution in [1.82, 2.24) is 0 Å². The molecule has 0 aliphatic rings. The monoisotopic (exact) mass is 168 g/mol. The zero-order valence-corrected chi connectivity index (χ0v) is 7.76. The summed E-state index contributed by atoms with van der Waals surface area (Å²) in [6.45, 7) is 7.59. The molecule has 0 aliphatic carbocycles. The Kier molecular flexibility index (Phi) is 5.09. The van der Waals surface area contributed by atoms with Crippen LogP contribution in [-0.2, 0) is 4.79 Å². The Morgan fingerprint density at radius 3 is 2.25 bits per heavy atom. The molecular weight excluding hydrogens is 152 g/mol. The van der Waals surface area contributed by atoms with Gasteiger partial charge in [0.05, 0.1) is 0 Å². The van der Waals surface area contributed by atoms with E-state index in [1.807, 2.05) is 6.08 Å². The minimum Gasteiger partial charge on any atom is -0.478 e. The third-order valence-electron chi connectivity index (χ3n) is 1.85. The highest BCUT2D eigenvalue weighted by molar-refractivity contribution is 5.86. The summed E-state index contributed by atoms with van der Waals surface area (Å²) in [5, 5.41) is 8.51. The summed E-state index contributed by atoms with van der Waals surface area (Å²) in [6.07, 6.45) is 4.40. The van der Waals surface area contributed by atoms with Gasteiger partial charge in [0.15, 0.2) is 0 Å². The van der Waals surface area contributed by atoms with Crippen LogP contribution in [0, 0.1) is 0 Å². The van der Waals surface area contributed by atoms with Gasteiger partial charge in [-0.2, -0.15) is 0 Å². The van der Waals surface area contributed by atoms with Gasteiger partial charge >= 0.3 is 5.97 Å². The van der Waals surface area contributed by atoms with Gasteiger partial charge in [0.2, 0.25) is 0 Å². The third-order valence-corrected chi connectivity index (χ3v) is 1.85.